The van der Waals surface area contributed by atoms with Gasteiger partial charge in [0.2, 0.25) is 0 Å². The van der Waals surface area contributed by atoms with E-state index >= 15 is 0 Å². The molecule has 1 aromatic rings. The average molecular weight is 320 g/mol. The van der Waals surface area contributed by atoms with E-state index in [9.17, 15) is 8.60 Å². The summed E-state index contributed by atoms with van der Waals surface area (Å²) in [5.41, 5.74) is 0. The SMILES string of the molecule is CCCNC1CCOCC1S(=O)c1ccc(F)c(Cl)c1. The van der Waals surface area contributed by atoms with Gasteiger partial charge in [-0.2, -0.15) is 0 Å². The standard InChI is InChI=1S/C14H19ClFNO2S/c1-2-6-17-13-5-7-19-9-14(13)20(18)10-3-4-12(16)11(15)8-10/h3-4,8,13-14,17H,2,5-7,9H2,1H3. The molecule has 1 saturated heterocycles. The largest absolute Gasteiger partial charge is 0.380 e. The van der Waals surface area contributed by atoms with Crippen molar-refractivity contribution in [2.75, 3.05) is 19.8 Å². The van der Waals surface area contributed by atoms with Crippen LogP contribution in [0, 0.1) is 5.82 Å². The van der Waals surface area contributed by atoms with E-state index in [1.165, 1.54) is 18.2 Å². The number of benzene rings is 1. The Labute approximate surface area is 126 Å². The van der Waals surface area contributed by atoms with Crippen LogP contribution in [-0.4, -0.2) is 35.3 Å². The fourth-order valence-corrected chi connectivity index (χ4v) is 4.04. The van der Waals surface area contributed by atoms with Crippen LogP contribution in [0.3, 0.4) is 0 Å². The van der Waals surface area contributed by atoms with Crippen LogP contribution in [0.25, 0.3) is 0 Å². The van der Waals surface area contributed by atoms with E-state index in [4.69, 9.17) is 16.3 Å². The highest BCUT2D eigenvalue weighted by atomic mass is 35.5. The monoisotopic (exact) mass is 319 g/mol. The molecular weight excluding hydrogens is 301 g/mol. The molecule has 0 saturated carbocycles. The van der Waals surface area contributed by atoms with Crippen LogP contribution in [0.4, 0.5) is 4.39 Å². The summed E-state index contributed by atoms with van der Waals surface area (Å²) >= 11 is 5.76. The van der Waals surface area contributed by atoms with Crippen LogP contribution < -0.4 is 5.32 Å². The fourth-order valence-electron chi connectivity index (χ4n) is 2.26. The lowest BCUT2D eigenvalue weighted by Gasteiger charge is -2.31. The summed E-state index contributed by atoms with van der Waals surface area (Å²) in [7, 11) is -1.26. The molecule has 1 heterocycles. The quantitative estimate of drug-likeness (QED) is 0.907. The number of nitrogens with one attached hydrogen (secondary N) is 1. The summed E-state index contributed by atoms with van der Waals surface area (Å²) in [5.74, 6) is -0.493. The third-order valence-corrected chi connectivity index (χ3v) is 5.38. The van der Waals surface area contributed by atoms with Gasteiger partial charge in [-0.1, -0.05) is 18.5 Å². The zero-order valence-electron chi connectivity index (χ0n) is 11.4. The molecule has 0 spiro atoms. The Bertz CT molecular complexity index is 486. The molecule has 6 heteroatoms. The van der Waals surface area contributed by atoms with Crippen LogP contribution >= 0.6 is 11.6 Å². The maximum Gasteiger partial charge on any atom is 0.141 e. The van der Waals surface area contributed by atoms with Gasteiger partial charge >= 0.3 is 0 Å². The summed E-state index contributed by atoms with van der Waals surface area (Å²) < 4.78 is 31.3. The van der Waals surface area contributed by atoms with E-state index < -0.39 is 16.6 Å². The highest BCUT2D eigenvalue weighted by Gasteiger charge is 2.31. The van der Waals surface area contributed by atoms with Gasteiger partial charge in [0.1, 0.15) is 5.82 Å². The summed E-state index contributed by atoms with van der Waals surface area (Å²) in [4.78, 5) is 0.551. The Kier molecular flexibility index (Phi) is 5.96. The Morgan fingerprint density at radius 1 is 1.55 bits per heavy atom. The molecule has 1 N–H and O–H groups in total. The molecule has 3 unspecified atom stereocenters. The summed E-state index contributed by atoms with van der Waals surface area (Å²) in [6.45, 7) is 4.11. The highest BCUT2D eigenvalue weighted by Crippen LogP contribution is 2.23. The van der Waals surface area contributed by atoms with Gasteiger partial charge in [-0.15, -0.1) is 0 Å². The zero-order valence-corrected chi connectivity index (χ0v) is 13.0. The van der Waals surface area contributed by atoms with Crippen molar-refractivity contribution in [1.29, 1.82) is 0 Å². The molecule has 0 aliphatic carbocycles. The molecular formula is C14H19ClFNO2S. The molecule has 1 aliphatic heterocycles. The van der Waals surface area contributed by atoms with E-state index in [0.717, 1.165) is 19.4 Å². The lowest BCUT2D eigenvalue weighted by Crippen LogP contribution is -2.48. The zero-order chi connectivity index (χ0) is 14.5. The van der Waals surface area contributed by atoms with Crippen molar-refractivity contribution in [3.05, 3.63) is 29.0 Å². The minimum atomic E-state index is -1.26. The second kappa shape index (κ2) is 7.50. The smallest absolute Gasteiger partial charge is 0.141 e. The van der Waals surface area contributed by atoms with Crippen molar-refractivity contribution in [2.24, 2.45) is 0 Å². The number of ether oxygens (including phenoxy) is 1. The first-order chi connectivity index (χ1) is 9.63. The first-order valence-corrected chi connectivity index (χ1v) is 8.39. The predicted molar refractivity (Wildman–Crippen MR) is 79.1 cm³/mol. The van der Waals surface area contributed by atoms with Gasteiger partial charge in [-0.3, -0.25) is 4.21 Å². The Balaban J connectivity index is 2.14. The second-order valence-corrected chi connectivity index (χ2v) is 6.91. The Morgan fingerprint density at radius 3 is 3.05 bits per heavy atom. The normalized spacial score (nSPS) is 24.6. The van der Waals surface area contributed by atoms with Gasteiger partial charge in [0.25, 0.3) is 0 Å². The third-order valence-electron chi connectivity index (χ3n) is 3.36. The van der Waals surface area contributed by atoms with Crippen molar-refractivity contribution in [2.45, 2.75) is 36.0 Å². The van der Waals surface area contributed by atoms with Crippen LogP contribution in [0.15, 0.2) is 23.1 Å². The lowest BCUT2D eigenvalue weighted by molar-refractivity contribution is 0.0820. The van der Waals surface area contributed by atoms with E-state index in [2.05, 4.69) is 12.2 Å². The van der Waals surface area contributed by atoms with Crippen molar-refractivity contribution in [3.63, 3.8) is 0 Å². The summed E-state index contributed by atoms with van der Waals surface area (Å²) in [5, 5.41) is 3.30. The molecule has 1 aliphatic rings. The number of halogens is 2. The van der Waals surface area contributed by atoms with Gasteiger partial charge in [0.05, 0.1) is 27.7 Å². The number of rotatable bonds is 5. The Morgan fingerprint density at radius 2 is 2.35 bits per heavy atom. The molecule has 20 heavy (non-hydrogen) atoms. The lowest BCUT2D eigenvalue weighted by atomic mass is 10.1. The van der Waals surface area contributed by atoms with Gasteiger partial charge in [-0.25, -0.2) is 4.39 Å². The molecule has 2 rings (SSSR count). The summed E-state index contributed by atoms with van der Waals surface area (Å²) in [6.07, 6.45) is 1.87. The molecule has 3 nitrogen and oxygen atoms in total. The minimum absolute atomic E-state index is 0.00523. The van der Waals surface area contributed by atoms with E-state index in [1.807, 2.05) is 0 Å². The molecule has 0 bridgehead atoms. The maximum atomic E-state index is 13.2. The first-order valence-electron chi connectivity index (χ1n) is 6.80. The van der Waals surface area contributed by atoms with Crippen LogP contribution in [0.5, 0.6) is 0 Å². The molecule has 1 fully saturated rings. The second-order valence-electron chi connectivity index (χ2n) is 4.84. The van der Waals surface area contributed by atoms with Crippen LogP contribution in [0.2, 0.25) is 5.02 Å². The molecule has 0 amide bonds. The highest BCUT2D eigenvalue weighted by molar-refractivity contribution is 7.85. The number of hydrogen-bond donors (Lipinski definition) is 1. The molecule has 112 valence electrons. The van der Waals surface area contributed by atoms with Gasteiger partial charge in [0, 0.05) is 17.5 Å². The predicted octanol–water partition coefficient (Wildman–Crippen LogP) is 2.74. The van der Waals surface area contributed by atoms with Crippen LogP contribution in [0.1, 0.15) is 19.8 Å². The number of hydrogen-bond acceptors (Lipinski definition) is 3. The van der Waals surface area contributed by atoms with Gasteiger partial charge < -0.3 is 10.1 Å². The molecule has 0 radical (unpaired) electrons. The van der Waals surface area contributed by atoms with E-state index in [0.29, 0.717) is 18.1 Å². The summed E-state index contributed by atoms with van der Waals surface area (Å²) in [6, 6.07) is 4.39. The van der Waals surface area contributed by atoms with Crippen LogP contribution in [-0.2, 0) is 15.5 Å². The van der Waals surface area contributed by atoms with E-state index in [1.54, 1.807) is 0 Å². The molecule has 3 atom stereocenters. The van der Waals surface area contributed by atoms with Crippen molar-refractivity contribution in [3.8, 4) is 0 Å². The molecule has 0 aromatic heterocycles. The van der Waals surface area contributed by atoms with Crippen molar-refractivity contribution >= 4 is 22.4 Å². The Hall–Kier alpha value is -0.490. The van der Waals surface area contributed by atoms with Gasteiger partial charge in [0.15, 0.2) is 0 Å². The average Bonchev–Trinajstić information content (AvgIpc) is 2.47. The van der Waals surface area contributed by atoms with Crippen molar-refractivity contribution in [1.82, 2.24) is 5.32 Å². The first kappa shape index (κ1) is 15.9. The van der Waals surface area contributed by atoms with E-state index in [-0.39, 0.29) is 16.3 Å². The topological polar surface area (TPSA) is 38.3 Å². The van der Waals surface area contributed by atoms with Crippen molar-refractivity contribution < 1.29 is 13.3 Å². The minimum Gasteiger partial charge on any atom is -0.380 e. The molecule has 1 aromatic carbocycles. The maximum absolute atomic E-state index is 13.2. The van der Waals surface area contributed by atoms with Gasteiger partial charge in [-0.05, 0) is 37.6 Å². The third kappa shape index (κ3) is 3.79. The fraction of sp³-hybridized carbons (Fsp3) is 0.571.